The van der Waals surface area contributed by atoms with E-state index < -0.39 is 0 Å². The number of nitrogens with one attached hydrogen (secondary N) is 1. The summed E-state index contributed by atoms with van der Waals surface area (Å²) in [5.74, 6) is 1.61. The predicted octanol–water partition coefficient (Wildman–Crippen LogP) is 3.55. The molecule has 21 heavy (non-hydrogen) atoms. The number of hydrogen-bond donors (Lipinski definition) is 2. The number of nitrogens with two attached hydrogens (primary N) is 1. The zero-order valence-electron chi connectivity index (χ0n) is 12.3. The predicted molar refractivity (Wildman–Crippen MR) is 87.1 cm³/mol. The maximum Gasteiger partial charge on any atom is 0.144 e. The zero-order chi connectivity index (χ0) is 14.9. The lowest BCUT2D eigenvalue weighted by Gasteiger charge is -2.12. The largest absolute Gasteiger partial charge is 0.492 e. The maximum atomic E-state index is 5.88. The van der Waals surface area contributed by atoms with Gasteiger partial charge < -0.3 is 20.5 Å². The Hall–Kier alpha value is -2.36. The quantitative estimate of drug-likeness (QED) is 0.575. The number of nitrogen functional groups attached to an aromatic ring is 1. The second-order valence-electron chi connectivity index (χ2n) is 4.69. The molecule has 0 aliphatic heterocycles. The van der Waals surface area contributed by atoms with E-state index in [1.54, 1.807) is 0 Å². The van der Waals surface area contributed by atoms with Gasteiger partial charge in [0.15, 0.2) is 0 Å². The summed E-state index contributed by atoms with van der Waals surface area (Å²) in [7, 11) is 0. The summed E-state index contributed by atoms with van der Waals surface area (Å²) in [5, 5.41) is 3.30. The van der Waals surface area contributed by atoms with Crippen LogP contribution in [0.15, 0.2) is 48.5 Å². The van der Waals surface area contributed by atoms with Crippen LogP contribution in [0.1, 0.15) is 13.3 Å². The van der Waals surface area contributed by atoms with Crippen LogP contribution in [0.25, 0.3) is 0 Å². The number of para-hydroxylation sites is 1. The van der Waals surface area contributed by atoms with Gasteiger partial charge in [-0.15, -0.1) is 0 Å². The van der Waals surface area contributed by atoms with Crippen LogP contribution in [0.5, 0.6) is 11.5 Å². The highest BCUT2D eigenvalue weighted by Gasteiger charge is 2.02. The first kappa shape index (κ1) is 15.0. The molecule has 0 saturated carbocycles. The van der Waals surface area contributed by atoms with Crippen molar-refractivity contribution in [1.29, 1.82) is 0 Å². The minimum atomic E-state index is 0.597. The molecule has 4 nitrogen and oxygen atoms in total. The number of ether oxygens (including phenoxy) is 2. The molecule has 0 fully saturated rings. The van der Waals surface area contributed by atoms with E-state index in [0.717, 1.165) is 23.6 Å². The molecule has 0 aliphatic rings. The zero-order valence-corrected chi connectivity index (χ0v) is 12.3. The Labute approximate surface area is 125 Å². The Morgan fingerprint density at radius 1 is 1.00 bits per heavy atom. The molecule has 112 valence electrons. The second kappa shape index (κ2) is 8.04. The van der Waals surface area contributed by atoms with Gasteiger partial charge in [-0.1, -0.05) is 25.1 Å². The molecule has 0 heterocycles. The number of benzene rings is 2. The molecular weight excluding hydrogens is 264 g/mol. The van der Waals surface area contributed by atoms with Gasteiger partial charge in [-0.25, -0.2) is 0 Å². The fraction of sp³-hybridized carbons (Fsp3) is 0.294. The molecule has 2 aromatic carbocycles. The molecule has 0 radical (unpaired) electrons. The fourth-order valence-electron chi connectivity index (χ4n) is 1.86. The Morgan fingerprint density at radius 3 is 2.57 bits per heavy atom. The fourth-order valence-corrected chi connectivity index (χ4v) is 1.86. The van der Waals surface area contributed by atoms with Gasteiger partial charge in [0.2, 0.25) is 0 Å². The normalized spacial score (nSPS) is 10.1. The van der Waals surface area contributed by atoms with Gasteiger partial charge in [-0.2, -0.15) is 0 Å². The Bertz CT molecular complexity index is 544. The molecule has 0 atom stereocenters. The van der Waals surface area contributed by atoms with Crippen LogP contribution in [0.2, 0.25) is 0 Å². The third kappa shape index (κ3) is 4.91. The van der Waals surface area contributed by atoms with E-state index in [0.29, 0.717) is 25.4 Å². The van der Waals surface area contributed by atoms with E-state index >= 15 is 0 Å². The van der Waals surface area contributed by atoms with Crippen molar-refractivity contribution >= 4 is 11.4 Å². The molecule has 0 amide bonds. The summed E-state index contributed by atoms with van der Waals surface area (Å²) >= 11 is 0. The van der Waals surface area contributed by atoms with Gasteiger partial charge in [0, 0.05) is 18.3 Å². The van der Waals surface area contributed by atoms with Crippen molar-refractivity contribution in [3.8, 4) is 11.5 Å². The minimum absolute atomic E-state index is 0.597. The van der Waals surface area contributed by atoms with Gasteiger partial charge in [-0.3, -0.25) is 0 Å². The highest BCUT2D eigenvalue weighted by Crippen LogP contribution is 2.25. The topological polar surface area (TPSA) is 56.5 Å². The lowest BCUT2D eigenvalue weighted by Crippen LogP contribution is -2.11. The van der Waals surface area contributed by atoms with Crippen molar-refractivity contribution in [2.45, 2.75) is 13.3 Å². The van der Waals surface area contributed by atoms with Gasteiger partial charge in [0.25, 0.3) is 0 Å². The first-order chi connectivity index (χ1) is 10.3. The standard InChI is InChI=1S/C17H22N2O2/c1-2-11-21-17-13-14(8-9-16(17)18)19-10-12-20-15-6-4-3-5-7-15/h3-9,13,19H,2,10-12,18H2,1H3. The van der Waals surface area contributed by atoms with Crippen LogP contribution in [0.3, 0.4) is 0 Å². The van der Waals surface area contributed by atoms with E-state index in [4.69, 9.17) is 15.2 Å². The van der Waals surface area contributed by atoms with Crippen molar-refractivity contribution in [2.75, 3.05) is 30.8 Å². The first-order valence-electron chi connectivity index (χ1n) is 7.23. The third-order valence-corrected chi connectivity index (χ3v) is 2.92. The van der Waals surface area contributed by atoms with Crippen LogP contribution in [0.4, 0.5) is 11.4 Å². The summed E-state index contributed by atoms with van der Waals surface area (Å²) in [6.07, 6.45) is 0.960. The van der Waals surface area contributed by atoms with Crippen molar-refractivity contribution in [3.63, 3.8) is 0 Å². The molecule has 0 saturated heterocycles. The lowest BCUT2D eigenvalue weighted by molar-refractivity contribution is 0.319. The average Bonchev–Trinajstić information content (AvgIpc) is 2.52. The van der Waals surface area contributed by atoms with E-state index in [1.165, 1.54) is 0 Å². The lowest BCUT2D eigenvalue weighted by atomic mass is 10.2. The maximum absolute atomic E-state index is 5.88. The van der Waals surface area contributed by atoms with E-state index in [1.807, 2.05) is 48.5 Å². The summed E-state index contributed by atoms with van der Waals surface area (Å²) in [4.78, 5) is 0. The second-order valence-corrected chi connectivity index (χ2v) is 4.69. The number of hydrogen-bond acceptors (Lipinski definition) is 4. The molecule has 4 heteroatoms. The van der Waals surface area contributed by atoms with E-state index in [9.17, 15) is 0 Å². The first-order valence-corrected chi connectivity index (χ1v) is 7.23. The molecule has 0 bridgehead atoms. The minimum Gasteiger partial charge on any atom is -0.492 e. The summed E-state index contributed by atoms with van der Waals surface area (Å²) in [6.45, 7) is 4.05. The van der Waals surface area contributed by atoms with E-state index in [-0.39, 0.29) is 0 Å². The highest BCUT2D eigenvalue weighted by atomic mass is 16.5. The number of rotatable bonds is 8. The summed E-state index contributed by atoms with van der Waals surface area (Å²) in [5.41, 5.74) is 7.52. The molecule has 3 N–H and O–H groups in total. The van der Waals surface area contributed by atoms with Gasteiger partial charge >= 0.3 is 0 Å². The van der Waals surface area contributed by atoms with Crippen LogP contribution < -0.4 is 20.5 Å². The molecule has 0 unspecified atom stereocenters. The van der Waals surface area contributed by atoms with E-state index in [2.05, 4.69) is 12.2 Å². The molecular formula is C17H22N2O2. The Kier molecular flexibility index (Phi) is 5.76. The summed E-state index contributed by atoms with van der Waals surface area (Å²) in [6, 6.07) is 15.5. The van der Waals surface area contributed by atoms with Gasteiger partial charge in [0.1, 0.15) is 18.1 Å². The summed E-state index contributed by atoms with van der Waals surface area (Å²) < 4.78 is 11.2. The van der Waals surface area contributed by atoms with Crippen LogP contribution in [0, 0.1) is 0 Å². The van der Waals surface area contributed by atoms with Crippen molar-refractivity contribution < 1.29 is 9.47 Å². The van der Waals surface area contributed by atoms with Gasteiger partial charge in [0.05, 0.1) is 12.3 Å². The molecule has 0 aliphatic carbocycles. The third-order valence-electron chi connectivity index (χ3n) is 2.92. The molecule has 0 spiro atoms. The Balaban J connectivity index is 1.80. The Morgan fingerprint density at radius 2 is 1.81 bits per heavy atom. The smallest absolute Gasteiger partial charge is 0.144 e. The van der Waals surface area contributed by atoms with Crippen LogP contribution in [-0.2, 0) is 0 Å². The highest BCUT2D eigenvalue weighted by molar-refractivity contribution is 5.61. The molecule has 0 aromatic heterocycles. The van der Waals surface area contributed by atoms with Crippen LogP contribution >= 0.6 is 0 Å². The van der Waals surface area contributed by atoms with Gasteiger partial charge in [-0.05, 0) is 30.7 Å². The number of anilines is 2. The SMILES string of the molecule is CCCOc1cc(NCCOc2ccccc2)ccc1N. The van der Waals surface area contributed by atoms with Crippen molar-refractivity contribution in [2.24, 2.45) is 0 Å². The average molecular weight is 286 g/mol. The van der Waals surface area contributed by atoms with Crippen molar-refractivity contribution in [3.05, 3.63) is 48.5 Å². The van der Waals surface area contributed by atoms with Crippen molar-refractivity contribution in [1.82, 2.24) is 0 Å². The molecule has 2 rings (SSSR count). The van der Waals surface area contributed by atoms with Crippen LogP contribution in [-0.4, -0.2) is 19.8 Å². The molecule has 2 aromatic rings. The monoisotopic (exact) mass is 286 g/mol.